The number of hydrogen-bond donors (Lipinski definition) is 2. The molecule has 1 amide bonds. The number of anilines is 1. The van der Waals surface area contributed by atoms with Crippen LogP contribution >= 0.6 is 11.6 Å². The van der Waals surface area contributed by atoms with Crippen molar-refractivity contribution in [3.63, 3.8) is 0 Å². The van der Waals surface area contributed by atoms with E-state index in [-0.39, 0.29) is 16.7 Å². The van der Waals surface area contributed by atoms with E-state index in [2.05, 4.69) is 20.3 Å². The Morgan fingerprint density at radius 2 is 2.31 bits per heavy atom. The molecule has 0 fully saturated rings. The van der Waals surface area contributed by atoms with Gasteiger partial charge >= 0.3 is 0 Å². The van der Waals surface area contributed by atoms with Gasteiger partial charge in [0.15, 0.2) is 0 Å². The number of carbonyl (C=O) groups is 1. The summed E-state index contributed by atoms with van der Waals surface area (Å²) < 4.78 is 12.9. The fourth-order valence-corrected chi connectivity index (χ4v) is 1.28. The minimum Gasteiger partial charge on any atom is -0.331 e. The van der Waals surface area contributed by atoms with Crippen molar-refractivity contribution in [1.82, 2.24) is 15.0 Å². The van der Waals surface area contributed by atoms with Crippen molar-refractivity contribution < 1.29 is 9.18 Å². The lowest BCUT2D eigenvalue weighted by molar-refractivity contribution is 0.102. The third kappa shape index (κ3) is 2.17. The number of aromatic amines is 1. The van der Waals surface area contributed by atoms with E-state index < -0.39 is 11.7 Å². The van der Waals surface area contributed by atoms with E-state index in [1.807, 2.05) is 0 Å². The highest BCUT2D eigenvalue weighted by atomic mass is 35.5. The minimum absolute atomic E-state index is 0.0435. The van der Waals surface area contributed by atoms with E-state index in [4.69, 9.17) is 11.6 Å². The number of rotatable bonds is 2. The standard InChI is InChI=1S/C9H6ClFN4O/c10-7-6(3-5(11)4-14-7)8(16)15-9-12-1-2-13-9/h1-4H,(H2,12,13,15,16). The van der Waals surface area contributed by atoms with Gasteiger partial charge in [0.05, 0.1) is 11.8 Å². The molecule has 0 radical (unpaired) electrons. The van der Waals surface area contributed by atoms with Gasteiger partial charge in [-0.3, -0.25) is 10.1 Å². The van der Waals surface area contributed by atoms with Gasteiger partial charge in [0, 0.05) is 12.4 Å². The number of pyridine rings is 1. The van der Waals surface area contributed by atoms with Crippen LogP contribution in [0.4, 0.5) is 10.3 Å². The summed E-state index contributed by atoms with van der Waals surface area (Å²) in [6.07, 6.45) is 3.95. The normalized spacial score (nSPS) is 10.1. The van der Waals surface area contributed by atoms with Crippen LogP contribution in [0.25, 0.3) is 0 Å². The van der Waals surface area contributed by atoms with Crippen LogP contribution in [0, 0.1) is 5.82 Å². The molecule has 5 nitrogen and oxygen atoms in total. The van der Waals surface area contributed by atoms with E-state index in [0.717, 1.165) is 12.3 Å². The van der Waals surface area contributed by atoms with Crippen LogP contribution in [-0.2, 0) is 0 Å². The lowest BCUT2D eigenvalue weighted by Crippen LogP contribution is -2.14. The molecule has 0 saturated carbocycles. The third-order valence-electron chi connectivity index (χ3n) is 1.78. The highest BCUT2D eigenvalue weighted by molar-refractivity contribution is 6.33. The Kier molecular flexibility index (Phi) is 2.82. The average Bonchev–Trinajstić information content (AvgIpc) is 2.74. The van der Waals surface area contributed by atoms with Crippen molar-refractivity contribution in [2.45, 2.75) is 0 Å². The Bertz CT molecular complexity index is 514. The Morgan fingerprint density at radius 1 is 1.50 bits per heavy atom. The van der Waals surface area contributed by atoms with Crippen LogP contribution in [0.15, 0.2) is 24.7 Å². The number of carbonyl (C=O) groups excluding carboxylic acids is 1. The predicted molar refractivity (Wildman–Crippen MR) is 55.7 cm³/mol. The molecule has 0 aromatic carbocycles. The summed E-state index contributed by atoms with van der Waals surface area (Å²) in [6, 6.07) is 1.01. The van der Waals surface area contributed by atoms with E-state index in [1.54, 1.807) is 6.20 Å². The number of nitrogens with zero attached hydrogens (tertiary/aromatic N) is 2. The maximum atomic E-state index is 12.9. The van der Waals surface area contributed by atoms with Crippen molar-refractivity contribution in [3.05, 3.63) is 41.2 Å². The third-order valence-corrected chi connectivity index (χ3v) is 2.08. The van der Waals surface area contributed by atoms with E-state index >= 15 is 0 Å². The molecule has 82 valence electrons. The first-order valence-corrected chi connectivity index (χ1v) is 4.66. The SMILES string of the molecule is O=C(Nc1ncc[nH]1)c1cc(F)cnc1Cl. The first kappa shape index (κ1) is 10.6. The van der Waals surface area contributed by atoms with Crippen LogP contribution < -0.4 is 5.32 Å². The van der Waals surface area contributed by atoms with Gasteiger partial charge in [-0.25, -0.2) is 14.4 Å². The Morgan fingerprint density at radius 3 is 3.00 bits per heavy atom. The quantitative estimate of drug-likeness (QED) is 0.787. The Hall–Kier alpha value is -1.95. The lowest BCUT2D eigenvalue weighted by atomic mass is 10.2. The highest BCUT2D eigenvalue weighted by Crippen LogP contribution is 2.14. The summed E-state index contributed by atoms with van der Waals surface area (Å²) in [5.41, 5.74) is -0.0435. The molecular weight excluding hydrogens is 235 g/mol. The monoisotopic (exact) mass is 240 g/mol. The van der Waals surface area contributed by atoms with Gasteiger partial charge in [-0.1, -0.05) is 11.6 Å². The lowest BCUT2D eigenvalue weighted by Gasteiger charge is -2.03. The van der Waals surface area contributed by atoms with Gasteiger partial charge in [0.25, 0.3) is 5.91 Å². The second-order valence-electron chi connectivity index (χ2n) is 2.88. The maximum Gasteiger partial charge on any atom is 0.261 e. The first-order valence-electron chi connectivity index (χ1n) is 4.28. The summed E-state index contributed by atoms with van der Waals surface area (Å²) in [4.78, 5) is 21.6. The zero-order valence-electron chi connectivity index (χ0n) is 7.87. The van der Waals surface area contributed by atoms with Gasteiger partial charge in [-0.2, -0.15) is 0 Å². The van der Waals surface area contributed by atoms with Crippen molar-refractivity contribution in [2.75, 3.05) is 5.32 Å². The maximum absolute atomic E-state index is 12.9. The summed E-state index contributed by atoms with van der Waals surface area (Å²) in [7, 11) is 0. The number of hydrogen-bond acceptors (Lipinski definition) is 3. The zero-order chi connectivity index (χ0) is 11.5. The van der Waals surface area contributed by atoms with Gasteiger partial charge in [0.2, 0.25) is 5.95 Å². The molecule has 0 aliphatic carbocycles. The molecule has 2 aromatic rings. The van der Waals surface area contributed by atoms with Crippen molar-refractivity contribution in [3.8, 4) is 0 Å². The van der Waals surface area contributed by atoms with Crippen LogP contribution in [0.5, 0.6) is 0 Å². The fourth-order valence-electron chi connectivity index (χ4n) is 1.09. The summed E-state index contributed by atoms with van der Waals surface area (Å²) in [5.74, 6) is -0.953. The fraction of sp³-hybridized carbons (Fsp3) is 0. The van der Waals surface area contributed by atoms with Gasteiger partial charge in [-0.15, -0.1) is 0 Å². The number of nitrogens with one attached hydrogen (secondary N) is 2. The van der Waals surface area contributed by atoms with Crippen molar-refractivity contribution in [2.24, 2.45) is 0 Å². The average molecular weight is 241 g/mol. The molecule has 0 aliphatic heterocycles. The molecular formula is C9H6ClFN4O. The molecule has 0 unspecified atom stereocenters. The second-order valence-corrected chi connectivity index (χ2v) is 3.24. The van der Waals surface area contributed by atoms with E-state index in [9.17, 15) is 9.18 Å². The van der Waals surface area contributed by atoms with Gasteiger partial charge < -0.3 is 4.98 Å². The van der Waals surface area contributed by atoms with Crippen molar-refractivity contribution >= 4 is 23.5 Å². The first-order chi connectivity index (χ1) is 7.66. The summed E-state index contributed by atoms with van der Waals surface area (Å²) in [5, 5.41) is 2.35. The molecule has 0 bridgehead atoms. The summed E-state index contributed by atoms with van der Waals surface area (Å²) >= 11 is 5.66. The van der Waals surface area contributed by atoms with Crippen LogP contribution in [0.2, 0.25) is 5.15 Å². The van der Waals surface area contributed by atoms with Crippen molar-refractivity contribution in [1.29, 1.82) is 0 Å². The topological polar surface area (TPSA) is 70.7 Å². The molecule has 2 rings (SSSR count). The highest BCUT2D eigenvalue weighted by Gasteiger charge is 2.13. The second kappa shape index (κ2) is 4.28. The number of halogens is 2. The molecule has 7 heteroatoms. The van der Waals surface area contributed by atoms with E-state index in [0.29, 0.717) is 0 Å². The van der Waals surface area contributed by atoms with Gasteiger partial charge in [0.1, 0.15) is 11.0 Å². The van der Waals surface area contributed by atoms with Crippen LogP contribution in [-0.4, -0.2) is 20.9 Å². The van der Waals surface area contributed by atoms with E-state index in [1.165, 1.54) is 6.20 Å². The Balaban J connectivity index is 2.24. The summed E-state index contributed by atoms with van der Waals surface area (Å²) in [6.45, 7) is 0. The van der Waals surface area contributed by atoms with Crippen LogP contribution in [0.1, 0.15) is 10.4 Å². The molecule has 2 aromatic heterocycles. The predicted octanol–water partition coefficient (Wildman–Crippen LogP) is 1.85. The number of H-pyrrole nitrogens is 1. The number of amides is 1. The molecule has 0 atom stereocenters. The molecule has 2 heterocycles. The zero-order valence-corrected chi connectivity index (χ0v) is 8.62. The smallest absolute Gasteiger partial charge is 0.261 e. The molecule has 16 heavy (non-hydrogen) atoms. The number of aromatic nitrogens is 3. The van der Waals surface area contributed by atoms with Crippen LogP contribution in [0.3, 0.4) is 0 Å². The molecule has 2 N–H and O–H groups in total. The minimum atomic E-state index is -0.631. The molecule has 0 spiro atoms. The number of imidazole rings is 1. The Labute approximate surface area is 94.7 Å². The largest absolute Gasteiger partial charge is 0.331 e. The molecule has 0 saturated heterocycles. The van der Waals surface area contributed by atoms with Gasteiger partial charge in [-0.05, 0) is 6.07 Å². The molecule has 0 aliphatic rings.